The molecule has 0 aromatic rings. The lowest BCUT2D eigenvalue weighted by molar-refractivity contribution is 0.0161. The van der Waals surface area contributed by atoms with Gasteiger partial charge in [0.15, 0.2) is 0 Å². The summed E-state index contributed by atoms with van der Waals surface area (Å²) < 4.78 is 10.1. The van der Waals surface area contributed by atoms with Crippen molar-refractivity contribution in [1.82, 2.24) is 0 Å². The zero-order valence-electron chi connectivity index (χ0n) is 6.38. The Bertz CT molecular complexity index is 66.8. The number of nitrogens with two attached hydrogens (primary N) is 2. The zero-order valence-corrected chi connectivity index (χ0v) is 6.38. The van der Waals surface area contributed by atoms with Crippen LogP contribution in [0.3, 0.4) is 0 Å². The van der Waals surface area contributed by atoms with E-state index in [4.69, 9.17) is 20.9 Å². The quantitative estimate of drug-likeness (QED) is 0.471. The first-order valence-electron chi connectivity index (χ1n) is 3.35. The van der Waals surface area contributed by atoms with E-state index in [1.165, 1.54) is 0 Å². The summed E-state index contributed by atoms with van der Waals surface area (Å²) in [7, 11) is 1.61. The number of rotatable bonds is 6. The predicted octanol–water partition coefficient (Wildman–Crippen LogP) is -1.06. The highest BCUT2D eigenvalue weighted by Crippen LogP contribution is 1.86. The molecule has 4 heteroatoms. The van der Waals surface area contributed by atoms with Crippen LogP contribution in [0.15, 0.2) is 0 Å². The Labute approximate surface area is 61.5 Å². The standard InChI is InChI=1S/C6H16N2O2/c1-9-6(4-8)5-10-3-2-7/h6H,2-5,7-8H2,1H3. The van der Waals surface area contributed by atoms with E-state index in [-0.39, 0.29) is 6.10 Å². The normalized spacial score (nSPS) is 13.5. The lowest BCUT2D eigenvalue weighted by Gasteiger charge is -2.11. The fourth-order valence-electron chi connectivity index (χ4n) is 0.530. The second-order valence-electron chi connectivity index (χ2n) is 1.96. The van der Waals surface area contributed by atoms with Crippen LogP contribution < -0.4 is 11.5 Å². The molecule has 0 aliphatic rings. The smallest absolute Gasteiger partial charge is 0.0926 e. The summed E-state index contributed by atoms with van der Waals surface area (Å²) in [6.07, 6.45) is 0.00606. The average molecular weight is 148 g/mol. The Balaban J connectivity index is 3.09. The second kappa shape index (κ2) is 6.95. The molecule has 1 unspecified atom stereocenters. The van der Waals surface area contributed by atoms with Crippen molar-refractivity contribution in [2.24, 2.45) is 11.5 Å². The van der Waals surface area contributed by atoms with Crippen molar-refractivity contribution in [2.75, 3.05) is 33.4 Å². The molecule has 0 aromatic carbocycles. The molecule has 0 heterocycles. The van der Waals surface area contributed by atoms with Gasteiger partial charge in [-0.05, 0) is 0 Å². The van der Waals surface area contributed by atoms with Gasteiger partial charge in [-0.25, -0.2) is 0 Å². The molecular weight excluding hydrogens is 132 g/mol. The van der Waals surface area contributed by atoms with Crippen molar-refractivity contribution in [2.45, 2.75) is 6.10 Å². The Morgan fingerprint density at radius 1 is 1.40 bits per heavy atom. The van der Waals surface area contributed by atoms with Gasteiger partial charge in [-0.2, -0.15) is 0 Å². The van der Waals surface area contributed by atoms with Gasteiger partial charge in [0.05, 0.1) is 19.3 Å². The Hall–Kier alpha value is -0.160. The molecule has 0 fully saturated rings. The van der Waals surface area contributed by atoms with Crippen molar-refractivity contribution < 1.29 is 9.47 Å². The molecule has 4 N–H and O–H groups in total. The maximum atomic E-state index is 5.33. The van der Waals surface area contributed by atoms with Crippen LogP contribution in [0, 0.1) is 0 Å². The van der Waals surface area contributed by atoms with Crippen molar-refractivity contribution in [1.29, 1.82) is 0 Å². The Kier molecular flexibility index (Phi) is 6.84. The fourth-order valence-corrected chi connectivity index (χ4v) is 0.530. The monoisotopic (exact) mass is 148 g/mol. The van der Waals surface area contributed by atoms with Crippen molar-refractivity contribution >= 4 is 0 Å². The average Bonchev–Trinajstić information content (AvgIpc) is 1.99. The number of ether oxygens (including phenoxy) is 2. The van der Waals surface area contributed by atoms with E-state index in [0.29, 0.717) is 26.3 Å². The minimum absolute atomic E-state index is 0.00606. The highest BCUT2D eigenvalue weighted by atomic mass is 16.5. The molecule has 0 radical (unpaired) electrons. The third kappa shape index (κ3) is 4.69. The lowest BCUT2D eigenvalue weighted by atomic mass is 10.4. The first-order valence-corrected chi connectivity index (χ1v) is 3.35. The summed E-state index contributed by atoms with van der Waals surface area (Å²) in [6, 6.07) is 0. The third-order valence-electron chi connectivity index (χ3n) is 1.16. The van der Waals surface area contributed by atoms with E-state index >= 15 is 0 Å². The van der Waals surface area contributed by atoms with Crippen LogP contribution in [-0.2, 0) is 9.47 Å². The van der Waals surface area contributed by atoms with Crippen LogP contribution in [0.4, 0.5) is 0 Å². The first-order chi connectivity index (χ1) is 4.85. The van der Waals surface area contributed by atoms with Crippen molar-refractivity contribution in [3.8, 4) is 0 Å². The predicted molar refractivity (Wildman–Crippen MR) is 39.7 cm³/mol. The molecule has 0 saturated heterocycles. The van der Waals surface area contributed by atoms with Crippen LogP contribution in [0.25, 0.3) is 0 Å². The van der Waals surface area contributed by atoms with Gasteiger partial charge < -0.3 is 20.9 Å². The molecule has 0 aliphatic carbocycles. The molecule has 1 atom stereocenters. The van der Waals surface area contributed by atoms with Crippen LogP contribution in [-0.4, -0.2) is 39.5 Å². The van der Waals surface area contributed by atoms with Gasteiger partial charge in [-0.1, -0.05) is 0 Å². The summed E-state index contributed by atoms with van der Waals surface area (Å²) in [5.41, 5.74) is 10.5. The molecular formula is C6H16N2O2. The largest absolute Gasteiger partial charge is 0.378 e. The van der Waals surface area contributed by atoms with E-state index in [2.05, 4.69) is 0 Å². The van der Waals surface area contributed by atoms with Gasteiger partial charge in [0.1, 0.15) is 0 Å². The van der Waals surface area contributed by atoms with Gasteiger partial charge in [0.25, 0.3) is 0 Å². The third-order valence-corrected chi connectivity index (χ3v) is 1.16. The summed E-state index contributed by atoms with van der Waals surface area (Å²) in [4.78, 5) is 0. The molecule has 10 heavy (non-hydrogen) atoms. The number of methoxy groups -OCH3 is 1. The van der Waals surface area contributed by atoms with Crippen LogP contribution in [0.2, 0.25) is 0 Å². The number of hydrogen-bond donors (Lipinski definition) is 2. The summed E-state index contributed by atoms with van der Waals surface area (Å²) in [5, 5.41) is 0. The zero-order chi connectivity index (χ0) is 7.82. The fraction of sp³-hybridized carbons (Fsp3) is 1.00. The maximum Gasteiger partial charge on any atom is 0.0926 e. The summed E-state index contributed by atoms with van der Waals surface area (Å²) in [5.74, 6) is 0. The molecule has 0 saturated carbocycles. The van der Waals surface area contributed by atoms with Crippen molar-refractivity contribution in [3.63, 3.8) is 0 Å². The minimum atomic E-state index is 0.00606. The van der Waals surface area contributed by atoms with Gasteiger partial charge >= 0.3 is 0 Å². The maximum absolute atomic E-state index is 5.33. The Morgan fingerprint density at radius 3 is 2.50 bits per heavy atom. The summed E-state index contributed by atoms with van der Waals surface area (Å²) >= 11 is 0. The molecule has 0 aliphatic heterocycles. The summed E-state index contributed by atoms with van der Waals surface area (Å²) in [6.45, 7) is 2.13. The van der Waals surface area contributed by atoms with Gasteiger partial charge in [0, 0.05) is 20.2 Å². The second-order valence-corrected chi connectivity index (χ2v) is 1.96. The first kappa shape index (κ1) is 9.84. The molecule has 0 spiro atoms. The van der Waals surface area contributed by atoms with E-state index < -0.39 is 0 Å². The van der Waals surface area contributed by atoms with E-state index in [0.717, 1.165) is 0 Å². The molecule has 62 valence electrons. The van der Waals surface area contributed by atoms with Crippen LogP contribution >= 0.6 is 0 Å². The van der Waals surface area contributed by atoms with Crippen LogP contribution in [0.1, 0.15) is 0 Å². The van der Waals surface area contributed by atoms with Gasteiger partial charge in [-0.15, -0.1) is 0 Å². The van der Waals surface area contributed by atoms with Crippen molar-refractivity contribution in [3.05, 3.63) is 0 Å². The topological polar surface area (TPSA) is 70.5 Å². The van der Waals surface area contributed by atoms with E-state index in [1.807, 2.05) is 0 Å². The van der Waals surface area contributed by atoms with Gasteiger partial charge in [0.2, 0.25) is 0 Å². The molecule has 0 bridgehead atoms. The molecule has 0 rings (SSSR count). The number of hydrogen-bond acceptors (Lipinski definition) is 4. The van der Waals surface area contributed by atoms with E-state index in [1.54, 1.807) is 7.11 Å². The SMILES string of the molecule is COC(CN)COCCN. The minimum Gasteiger partial charge on any atom is -0.378 e. The molecule has 4 nitrogen and oxygen atoms in total. The van der Waals surface area contributed by atoms with E-state index in [9.17, 15) is 0 Å². The molecule has 0 aromatic heterocycles. The lowest BCUT2D eigenvalue weighted by Crippen LogP contribution is -2.28. The highest BCUT2D eigenvalue weighted by molar-refractivity contribution is 4.54. The van der Waals surface area contributed by atoms with Crippen LogP contribution in [0.5, 0.6) is 0 Å². The Morgan fingerprint density at radius 2 is 2.10 bits per heavy atom. The van der Waals surface area contributed by atoms with Gasteiger partial charge in [-0.3, -0.25) is 0 Å². The molecule has 0 amide bonds. The highest BCUT2D eigenvalue weighted by Gasteiger charge is 2.02.